The summed E-state index contributed by atoms with van der Waals surface area (Å²) in [6, 6.07) is 0. The Morgan fingerprint density at radius 2 is 2.59 bits per heavy atom. The van der Waals surface area contributed by atoms with E-state index in [1.807, 2.05) is 6.92 Å². The zero-order valence-electron chi connectivity index (χ0n) is 9.96. The van der Waals surface area contributed by atoms with Crippen LogP contribution in [0, 0.1) is 5.92 Å². The number of nitrogens with zero attached hydrogens (tertiary/aromatic N) is 3. The lowest BCUT2D eigenvalue weighted by molar-refractivity contribution is -0.150. The molecule has 0 spiro atoms. The van der Waals surface area contributed by atoms with Crippen LogP contribution in [0.15, 0.2) is 10.9 Å². The lowest BCUT2D eigenvalue weighted by Gasteiger charge is -2.30. The maximum Gasteiger partial charge on any atom is 0.310 e. The Labute approximate surface area is 99.9 Å². The van der Waals surface area contributed by atoms with Crippen LogP contribution in [0.4, 0.5) is 0 Å². The largest absolute Gasteiger partial charge is 0.466 e. The Hall–Kier alpha value is -1.43. The molecule has 17 heavy (non-hydrogen) atoms. The summed E-state index contributed by atoms with van der Waals surface area (Å²) in [4.78, 5) is 17.8. The molecule has 0 aliphatic carbocycles. The van der Waals surface area contributed by atoms with Crippen molar-refractivity contribution in [2.45, 2.75) is 26.3 Å². The van der Waals surface area contributed by atoms with Crippen molar-refractivity contribution in [2.75, 3.05) is 19.7 Å². The summed E-state index contributed by atoms with van der Waals surface area (Å²) < 4.78 is 10.0. The molecule has 1 saturated heterocycles. The van der Waals surface area contributed by atoms with Gasteiger partial charge in [-0.3, -0.25) is 9.69 Å². The Balaban J connectivity index is 1.86. The van der Waals surface area contributed by atoms with Gasteiger partial charge in [0.2, 0.25) is 5.89 Å². The van der Waals surface area contributed by atoms with Crippen molar-refractivity contribution < 1.29 is 14.1 Å². The molecule has 1 fully saturated rings. The van der Waals surface area contributed by atoms with Gasteiger partial charge in [0.25, 0.3) is 0 Å². The highest BCUT2D eigenvalue weighted by atomic mass is 16.5. The first-order valence-corrected chi connectivity index (χ1v) is 5.94. The minimum Gasteiger partial charge on any atom is -0.466 e. The van der Waals surface area contributed by atoms with Gasteiger partial charge in [-0.15, -0.1) is 0 Å². The first-order valence-electron chi connectivity index (χ1n) is 5.94. The van der Waals surface area contributed by atoms with Gasteiger partial charge >= 0.3 is 5.97 Å². The first kappa shape index (κ1) is 12.0. The number of likely N-dealkylation sites (tertiary alicyclic amines) is 1. The molecule has 1 aliphatic rings. The maximum absolute atomic E-state index is 11.6. The fourth-order valence-electron chi connectivity index (χ4n) is 2.11. The lowest BCUT2D eigenvalue weighted by Crippen LogP contribution is -2.39. The topological polar surface area (TPSA) is 68.5 Å². The van der Waals surface area contributed by atoms with Crippen molar-refractivity contribution in [3.8, 4) is 0 Å². The van der Waals surface area contributed by atoms with Gasteiger partial charge in [0, 0.05) is 6.54 Å². The van der Waals surface area contributed by atoms with E-state index in [-0.39, 0.29) is 11.9 Å². The second-order valence-corrected chi connectivity index (χ2v) is 4.16. The highest BCUT2D eigenvalue weighted by molar-refractivity contribution is 5.72. The van der Waals surface area contributed by atoms with Crippen molar-refractivity contribution in [3.05, 3.63) is 12.2 Å². The molecule has 0 unspecified atom stereocenters. The van der Waals surface area contributed by atoms with E-state index >= 15 is 0 Å². The van der Waals surface area contributed by atoms with Crippen LogP contribution in [-0.2, 0) is 16.1 Å². The van der Waals surface area contributed by atoms with E-state index < -0.39 is 0 Å². The molecule has 0 aromatic carbocycles. The van der Waals surface area contributed by atoms with Crippen molar-refractivity contribution in [1.29, 1.82) is 0 Å². The molecule has 0 radical (unpaired) electrons. The van der Waals surface area contributed by atoms with Crippen molar-refractivity contribution >= 4 is 5.97 Å². The summed E-state index contributed by atoms with van der Waals surface area (Å²) in [5.74, 6) is 0.476. The van der Waals surface area contributed by atoms with E-state index in [1.165, 1.54) is 6.33 Å². The molecule has 1 aromatic rings. The number of hydrogen-bond acceptors (Lipinski definition) is 6. The van der Waals surface area contributed by atoms with Gasteiger partial charge in [0.15, 0.2) is 6.33 Å². The summed E-state index contributed by atoms with van der Waals surface area (Å²) in [5, 5.41) is 3.57. The molecule has 2 heterocycles. The Morgan fingerprint density at radius 3 is 3.29 bits per heavy atom. The molecule has 1 aromatic heterocycles. The van der Waals surface area contributed by atoms with Gasteiger partial charge in [-0.25, -0.2) is 0 Å². The average molecular weight is 239 g/mol. The van der Waals surface area contributed by atoms with E-state index in [2.05, 4.69) is 15.0 Å². The number of hydrogen-bond donors (Lipinski definition) is 0. The third-order valence-corrected chi connectivity index (χ3v) is 2.89. The molecule has 0 N–H and O–H groups in total. The van der Waals surface area contributed by atoms with Crippen LogP contribution < -0.4 is 0 Å². The molecule has 1 atom stereocenters. The molecule has 0 saturated carbocycles. The average Bonchev–Trinajstić information content (AvgIpc) is 2.82. The minimum atomic E-state index is -0.0947. The second-order valence-electron chi connectivity index (χ2n) is 4.16. The minimum absolute atomic E-state index is 0.0216. The van der Waals surface area contributed by atoms with Gasteiger partial charge in [-0.1, -0.05) is 5.16 Å². The van der Waals surface area contributed by atoms with E-state index in [0.717, 1.165) is 19.4 Å². The van der Waals surface area contributed by atoms with Crippen LogP contribution in [0.3, 0.4) is 0 Å². The molecule has 1 aliphatic heterocycles. The number of ether oxygens (including phenoxy) is 1. The number of carbonyl (C=O) groups is 1. The van der Waals surface area contributed by atoms with E-state index in [9.17, 15) is 4.79 Å². The summed E-state index contributed by atoms with van der Waals surface area (Å²) in [7, 11) is 0. The molecule has 94 valence electrons. The molecular formula is C11H17N3O3. The van der Waals surface area contributed by atoms with E-state index in [4.69, 9.17) is 9.26 Å². The lowest BCUT2D eigenvalue weighted by atomic mass is 9.98. The van der Waals surface area contributed by atoms with Gasteiger partial charge in [-0.2, -0.15) is 4.98 Å². The third-order valence-electron chi connectivity index (χ3n) is 2.89. The number of aromatic nitrogens is 2. The van der Waals surface area contributed by atoms with Crippen molar-refractivity contribution in [1.82, 2.24) is 15.0 Å². The van der Waals surface area contributed by atoms with E-state index in [1.54, 1.807) is 0 Å². The molecule has 0 amide bonds. The van der Waals surface area contributed by atoms with Crippen LogP contribution in [0.5, 0.6) is 0 Å². The smallest absolute Gasteiger partial charge is 0.310 e. The number of piperidine rings is 1. The fraction of sp³-hybridized carbons (Fsp3) is 0.727. The zero-order valence-corrected chi connectivity index (χ0v) is 9.96. The highest BCUT2D eigenvalue weighted by Crippen LogP contribution is 2.19. The standard InChI is InChI=1S/C11H17N3O3/c1-2-16-11(15)9-4-3-5-14(6-9)7-10-12-8-13-17-10/h8-9H,2-7H2,1H3/t9-/m1/s1. The van der Waals surface area contributed by atoms with Gasteiger partial charge < -0.3 is 9.26 Å². The highest BCUT2D eigenvalue weighted by Gasteiger charge is 2.27. The quantitative estimate of drug-likeness (QED) is 0.725. The monoisotopic (exact) mass is 239 g/mol. The third kappa shape index (κ3) is 3.26. The second kappa shape index (κ2) is 5.77. The summed E-state index contributed by atoms with van der Waals surface area (Å²) in [6.07, 6.45) is 3.29. The normalized spacial score (nSPS) is 21.4. The first-order chi connectivity index (χ1) is 8.29. The molecule has 6 nitrogen and oxygen atoms in total. The zero-order chi connectivity index (χ0) is 12.1. The van der Waals surface area contributed by atoms with Crippen molar-refractivity contribution in [3.63, 3.8) is 0 Å². The number of rotatable bonds is 4. The summed E-state index contributed by atoms with van der Waals surface area (Å²) in [6.45, 7) is 4.55. The molecule has 2 rings (SSSR count). The molecule has 6 heteroatoms. The number of carbonyl (C=O) groups excluding carboxylic acids is 1. The predicted octanol–water partition coefficient (Wildman–Crippen LogP) is 0.845. The molecule has 0 bridgehead atoms. The van der Waals surface area contributed by atoms with Gasteiger partial charge in [0.05, 0.1) is 19.1 Å². The van der Waals surface area contributed by atoms with Crippen LogP contribution in [0.25, 0.3) is 0 Å². The fourth-order valence-corrected chi connectivity index (χ4v) is 2.11. The van der Waals surface area contributed by atoms with E-state index in [0.29, 0.717) is 25.6 Å². The maximum atomic E-state index is 11.6. The Morgan fingerprint density at radius 1 is 1.71 bits per heavy atom. The van der Waals surface area contributed by atoms with Crippen LogP contribution >= 0.6 is 0 Å². The van der Waals surface area contributed by atoms with Gasteiger partial charge in [0.1, 0.15) is 0 Å². The van der Waals surface area contributed by atoms with Gasteiger partial charge in [-0.05, 0) is 26.3 Å². The van der Waals surface area contributed by atoms with Crippen LogP contribution in [0.2, 0.25) is 0 Å². The van der Waals surface area contributed by atoms with Crippen LogP contribution in [0.1, 0.15) is 25.7 Å². The summed E-state index contributed by atoms with van der Waals surface area (Å²) in [5.41, 5.74) is 0. The van der Waals surface area contributed by atoms with Crippen LogP contribution in [-0.4, -0.2) is 40.7 Å². The Kier molecular flexibility index (Phi) is 4.08. The summed E-state index contributed by atoms with van der Waals surface area (Å²) >= 11 is 0. The SMILES string of the molecule is CCOC(=O)[C@@H]1CCCN(Cc2ncno2)C1. The number of esters is 1. The van der Waals surface area contributed by atoms with Crippen molar-refractivity contribution in [2.24, 2.45) is 5.92 Å². The Bertz CT molecular complexity index is 353. The predicted molar refractivity (Wildman–Crippen MR) is 58.9 cm³/mol. The molecular weight excluding hydrogens is 222 g/mol.